The van der Waals surface area contributed by atoms with Gasteiger partial charge in [-0.25, -0.2) is 0 Å². The van der Waals surface area contributed by atoms with Crippen molar-refractivity contribution in [2.24, 2.45) is 5.92 Å². The van der Waals surface area contributed by atoms with E-state index < -0.39 is 0 Å². The van der Waals surface area contributed by atoms with Gasteiger partial charge < -0.3 is 5.11 Å². The Morgan fingerprint density at radius 3 is 2.78 bits per heavy atom. The van der Waals surface area contributed by atoms with E-state index in [1.54, 1.807) is 6.92 Å². The fourth-order valence-corrected chi connectivity index (χ4v) is 0.537. The lowest BCUT2D eigenvalue weighted by Gasteiger charge is -2.02. The summed E-state index contributed by atoms with van der Waals surface area (Å²) in [6, 6.07) is 0. The molecule has 0 amide bonds. The van der Waals surface area contributed by atoms with Crippen LogP contribution in [-0.4, -0.2) is 17.5 Å². The van der Waals surface area contributed by atoms with Crippen molar-refractivity contribution in [1.82, 2.24) is 0 Å². The van der Waals surface area contributed by atoms with Gasteiger partial charge in [-0.05, 0) is 12.5 Å². The molecule has 0 radical (unpaired) electrons. The van der Waals surface area contributed by atoms with Crippen molar-refractivity contribution in [2.45, 2.75) is 13.3 Å². The standard InChI is InChI=1S/C7H12O2/c1-3-7(9)6(2)4-5-8/h3,6,8H,1,4-5H2,2H3. The van der Waals surface area contributed by atoms with Crippen LogP contribution in [0.1, 0.15) is 13.3 Å². The Kier molecular flexibility index (Phi) is 3.97. The molecule has 2 heteroatoms. The number of hydrogen-bond acceptors (Lipinski definition) is 2. The number of ketones is 1. The maximum atomic E-state index is 10.7. The number of carbonyl (C=O) groups is 1. The number of rotatable bonds is 4. The van der Waals surface area contributed by atoms with Gasteiger partial charge in [0.25, 0.3) is 0 Å². The molecule has 1 atom stereocenters. The average Bonchev–Trinajstić information content (AvgIpc) is 1.87. The molecule has 0 fully saturated rings. The van der Waals surface area contributed by atoms with E-state index in [9.17, 15) is 4.79 Å². The fraction of sp³-hybridized carbons (Fsp3) is 0.571. The van der Waals surface area contributed by atoms with E-state index in [1.807, 2.05) is 0 Å². The SMILES string of the molecule is C=CC(=O)C(C)CCO. The second-order valence-electron chi connectivity index (χ2n) is 2.02. The molecule has 0 aliphatic carbocycles. The monoisotopic (exact) mass is 128 g/mol. The molecular formula is C7H12O2. The van der Waals surface area contributed by atoms with Gasteiger partial charge >= 0.3 is 0 Å². The van der Waals surface area contributed by atoms with Crippen LogP contribution in [0.4, 0.5) is 0 Å². The predicted molar refractivity (Wildman–Crippen MR) is 36.1 cm³/mol. The summed E-state index contributed by atoms with van der Waals surface area (Å²) in [6.45, 7) is 5.18. The Balaban J connectivity index is 3.58. The summed E-state index contributed by atoms with van der Waals surface area (Å²) >= 11 is 0. The molecule has 0 spiro atoms. The molecule has 0 rings (SSSR count). The van der Waals surface area contributed by atoms with Crippen LogP contribution in [0.3, 0.4) is 0 Å². The summed E-state index contributed by atoms with van der Waals surface area (Å²) in [5.74, 6) is -0.0726. The summed E-state index contributed by atoms with van der Waals surface area (Å²) in [7, 11) is 0. The van der Waals surface area contributed by atoms with Crippen molar-refractivity contribution in [2.75, 3.05) is 6.61 Å². The first-order valence-corrected chi connectivity index (χ1v) is 2.99. The number of carbonyl (C=O) groups excluding carboxylic acids is 1. The molecule has 2 nitrogen and oxygen atoms in total. The summed E-state index contributed by atoms with van der Waals surface area (Å²) in [6.07, 6.45) is 1.82. The number of aliphatic hydroxyl groups excluding tert-OH is 1. The van der Waals surface area contributed by atoms with Crippen molar-refractivity contribution >= 4 is 5.78 Å². The van der Waals surface area contributed by atoms with Crippen molar-refractivity contribution in [1.29, 1.82) is 0 Å². The van der Waals surface area contributed by atoms with Crippen LogP contribution >= 0.6 is 0 Å². The lowest BCUT2D eigenvalue weighted by atomic mass is 10.0. The van der Waals surface area contributed by atoms with Gasteiger partial charge in [0.05, 0.1) is 0 Å². The van der Waals surface area contributed by atoms with E-state index in [-0.39, 0.29) is 18.3 Å². The van der Waals surface area contributed by atoms with Crippen molar-refractivity contribution in [3.05, 3.63) is 12.7 Å². The smallest absolute Gasteiger partial charge is 0.157 e. The summed E-state index contributed by atoms with van der Waals surface area (Å²) < 4.78 is 0. The first kappa shape index (κ1) is 8.37. The van der Waals surface area contributed by atoms with Crippen LogP contribution in [0, 0.1) is 5.92 Å². The van der Waals surface area contributed by atoms with Crippen molar-refractivity contribution in [3.8, 4) is 0 Å². The predicted octanol–water partition coefficient (Wildman–Crippen LogP) is 0.760. The summed E-state index contributed by atoms with van der Waals surface area (Å²) in [5, 5.41) is 8.39. The van der Waals surface area contributed by atoms with E-state index in [1.165, 1.54) is 6.08 Å². The Hall–Kier alpha value is -0.630. The summed E-state index contributed by atoms with van der Waals surface area (Å²) in [5.41, 5.74) is 0. The zero-order valence-electron chi connectivity index (χ0n) is 5.63. The molecular weight excluding hydrogens is 116 g/mol. The molecule has 0 aliphatic rings. The van der Waals surface area contributed by atoms with Crippen LogP contribution in [0.2, 0.25) is 0 Å². The van der Waals surface area contributed by atoms with E-state index in [0.29, 0.717) is 6.42 Å². The lowest BCUT2D eigenvalue weighted by molar-refractivity contribution is -0.118. The highest BCUT2D eigenvalue weighted by molar-refractivity contribution is 5.90. The van der Waals surface area contributed by atoms with E-state index >= 15 is 0 Å². The fourth-order valence-electron chi connectivity index (χ4n) is 0.537. The van der Waals surface area contributed by atoms with E-state index in [2.05, 4.69) is 6.58 Å². The lowest BCUT2D eigenvalue weighted by Crippen LogP contribution is -2.08. The maximum absolute atomic E-state index is 10.7. The number of hydrogen-bond donors (Lipinski definition) is 1. The van der Waals surface area contributed by atoms with Crippen molar-refractivity contribution < 1.29 is 9.90 Å². The maximum Gasteiger partial charge on any atom is 0.157 e. The zero-order chi connectivity index (χ0) is 7.28. The Labute approximate surface area is 55.2 Å². The molecule has 0 aliphatic heterocycles. The minimum atomic E-state index is -0.0764. The first-order chi connectivity index (χ1) is 4.22. The third-order valence-electron chi connectivity index (χ3n) is 1.25. The van der Waals surface area contributed by atoms with Crippen LogP contribution in [0.25, 0.3) is 0 Å². The Morgan fingerprint density at radius 1 is 1.89 bits per heavy atom. The quantitative estimate of drug-likeness (QED) is 0.567. The Morgan fingerprint density at radius 2 is 2.44 bits per heavy atom. The minimum absolute atomic E-state index is 0.00375. The normalized spacial score (nSPS) is 12.7. The van der Waals surface area contributed by atoms with Gasteiger partial charge in [-0.15, -0.1) is 0 Å². The third-order valence-corrected chi connectivity index (χ3v) is 1.25. The first-order valence-electron chi connectivity index (χ1n) is 2.99. The second kappa shape index (κ2) is 4.27. The van der Waals surface area contributed by atoms with Gasteiger partial charge in [-0.3, -0.25) is 4.79 Å². The second-order valence-corrected chi connectivity index (χ2v) is 2.02. The van der Waals surface area contributed by atoms with Gasteiger partial charge in [0, 0.05) is 12.5 Å². The van der Waals surface area contributed by atoms with Gasteiger partial charge in [-0.1, -0.05) is 13.5 Å². The van der Waals surface area contributed by atoms with Crippen LogP contribution in [0.5, 0.6) is 0 Å². The van der Waals surface area contributed by atoms with Gasteiger partial charge in [0.15, 0.2) is 5.78 Å². The molecule has 9 heavy (non-hydrogen) atoms. The number of allylic oxidation sites excluding steroid dienone is 1. The highest BCUT2D eigenvalue weighted by Gasteiger charge is 2.06. The molecule has 52 valence electrons. The largest absolute Gasteiger partial charge is 0.396 e. The molecule has 1 unspecified atom stereocenters. The zero-order valence-corrected chi connectivity index (χ0v) is 5.63. The topological polar surface area (TPSA) is 37.3 Å². The van der Waals surface area contributed by atoms with Crippen LogP contribution in [0.15, 0.2) is 12.7 Å². The molecule has 0 saturated carbocycles. The highest BCUT2D eigenvalue weighted by Crippen LogP contribution is 2.01. The van der Waals surface area contributed by atoms with Gasteiger partial charge in [-0.2, -0.15) is 0 Å². The van der Waals surface area contributed by atoms with Crippen LogP contribution < -0.4 is 0 Å². The Bertz CT molecular complexity index is 107. The third kappa shape index (κ3) is 3.03. The van der Waals surface area contributed by atoms with Crippen molar-refractivity contribution in [3.63, 3.8) is 0 Å². The number of aliphatic hydroxyl groups is 1. The van der Waals surface area contributed by atoms with Gasteiger partial charge in [0.2, 0.25) is 0 Å². The molecule has 0 heterocycles. The highest BCUT2D eigenvalue weighted by atomic mass is 16.3. The average molecular weight is 128 g/mol. The van der Waals surface area contributed by atoms with Crippen LogP contribution in [-0.2, 0) is 4.79 Å². The minimum Gasteiger partial charge on any atom is -0.396 e. The van der Waals surface area contributed by atoms with Gasteiger partial charge in [0.1, 0.15) is 0 Å². The molecule has 0 aromatic rings. The molecule has 0 bridgehead atoms. The van der Waals surface area contributed by atoms with E-state index in [0.717, 1.165) is 0 Å². The molecule has 0 aromatic carbocycles. The molecule has 0 saturated heterocycles. The molecule has 1 N–H and O–H groups in total. The summed E-state index contributed by atoms with van der Waals surface area (Å²) in [4.78, 5) is 10.7. The van der Waals surface area contributed by atoms with E-state index in [4.69, 9.17) is 5.11 Å². The molecule has 0 aromatic heterocycles.